The number of hydrogen-bond donors (Lipinski definition) is 6. The number of amides is 4. The summed E-state index contributed by atoms with van der Waals surface area (Å²) in [7, 11) is 0. The molecule has 0 unspecified atom stereocenters. The van der Waals surface area contributed by atoms with Crippen LogP contribution >= 0.6 is 0 Å². The van der Waals surface area contributed by atoms with Crippen molar-refractivity contribution in [2.24, 2.45) is 17.6 Å². The summed E-state index contributed by atoms with van der Waals surface area (Å²) in [5.41, 5.74) is 5.87. The average Bonchev–Trinajstić information content (AvgIpc) is 2.83. The molecule has 5 atom stereocenters. The normalized spacial score (nSPS) is 15.1. The lowest BCUT2D eigenvalue weighted by Gasteiger charge is -2.29. The zero-order valence-electron chi connectivity index (χ0n) is 23.0. The molecule has 13 nitrogen and oxygen atoms in total. The zero-order valence-corrected chi connectivity index (χ0v) is 23.0. The Balaban J connectivity index is 2.66. The van der Waals surface area contributed by atoms with Crippen molar-refractivity contribution >= 4 is 35.0 Å². The first-order chi connectivity index (χ1) is 17.6. The number of carbonyl (C=O) groups is 4. The van der Waals surface area contributed by atoms with Crippen LogP contribution < -0.4 is 32.3 Å². The highest BCUT2D eigenvalue weighted by molar-refractivity contribution is 5.97. The highest BCUT2D eigenvalue weighted by Gasteiger charge is 2.28. The van der Waals surface area contributed by atoms with Crippen molar-refractivity contribution in [2.45, 2.75) is 78.7 Å². The second-order valence-corrected chi connectivity index (χ2v) is 10.0. The van der Waals surface area contributed by atoms with Crippen molar-refractivity contribution < 1.29 is 24.1 Å². The van der Waals surface area contributed by atoms with Gasteiger partial charge in [0.25, 0.3) is 5.69 Å². The summed E-state index contributed by atoms with van der Waals surface area (Å²) in [5.74, 6) is -1.82. The van der Waals surface area contributed by atoms with E-state index in [0.29, 0.717) is 5.69 Å². The molecular weight excluding hydrogens is 494 g/mol. The van der Waals surface area contributed by atoms with E-state index in [1.807, 2.05) is 27.7 Å². The number of rotatable bonds is 14. The van der Waals surface area contributed by atoms with Crippen LogP contribution in [0, 0.1) is 22.0 Å². The summed E-state index contributed by atoms with van der Waals surface area (Å²) in [4.78, 5) is 60.2. The van der Waals surface area contributed by atoms with Crippen LogP contribution in [-0.4, -0.2) is 65.3 Å². The lowest BCUT2D eigenvalue weighted by molar-refractivity contribution is -0.384. The van der Waals surface area contributed by atoms with Crippen molar-refractivity contribution in [3.05, 3.63) is 34.4 Å². The van der Waals surface area contributed by atoms with Crippen LogP contribution in [-0.2, 0) is 19.2 Å². The van der Waals surface area contributed by atoms with E-state index in [0.717, 1.165) is 0 Å². The third-order valence-corrected chi connectivity index (χ3v) is 5.93. The van der Waals surface area contributed by atoms with Gasteiger partial charge in [-0.3, -0.25) is 29.3 Å². The van der Waals surface area contributed by atoms with Crippen LogP contribution in [0.4, 0.5) is 11.4 Å². The van der Waals surface area contributed by atoms with E-state index in [1.165, 1.54) is 38.1 Å². The molecule has 4 amide bonds. The number of nitrogens with one attached hydrogen (secondary N) is 5. The summed E-state index contributed by atoms with van der Waals surface area (Å²) in [6.45, 7) is 12.4. The summed E-state index contributed by atoms with van der Waals surface area (Å²) < 4.78 is 0. The van der Waals surface area contributed by atoms with E-state index < -0.39 is 46.8 Å². The summed E-state index contributed by atoms with van der Waals surface area (Å²) in [6.07, 6.45) is 0. The zero-order chi connectivity index (χ0) is 29.2. The lowest BCUT2D eigenvalue weighted by Crippen LogP contribution is -2.58. The van der Waals surface area contributed by atoms with E-state index >= 15 is 0 Å². The van der Waals surface area contributed by atoms with Crippen LogP contribution in [0.3, 0.4) is 0 Å². The molecule has 0 bridgehead atoms. The van der Waals surface area contributed by atoms with Crippen molar-refractivity contribution in [1.82, 2.24) is 21.3 Å². The Labute approximate surface area is 223 Å². The Kier molecular flexibility index (Phi) is 12.8. The summed E-state index contributed by atoms with van der Waals surface area (Å²) >= 11 is 0. The molecule has 0 saturated heterocycles. The van der Waals surface area contributed by atoms with Gasteiger partial charge in [0.2, 0.25) is 23.6 Å². The van der Waals surface area contributed by atoms with E-state index in [9.17, 15) is 29.3 Å². The van der Waals surface area contributed by atoms with Crippen LogP contribution in [0.25, 0.3) is 0 Å². The van der Waals surface area contributed by atoms with Gasteiger partial charge in [-0.05, 0) is 44.7 Å². The molecule has 1 rings (SSSR count). The number of nitrogens with two attached hydrogens (primary N) is 1. The standard InChI is InChI=1S/C25H41N7O6/c1-13(2)20(30-25(36)21(14(3)4)31-22(33)15(5)26)12-27-16(6)23(34)28-17(7)24(35)29-18-8-10-19(11-9-18)32(37)38/h8-11,13-17,20-21,27H,12,26H2,1-7H3,(H,28,34)(H,29,35)(H,30,36)(H,31,33)/t15-,16-,17-,20+,21-/m0/s1. The van der Waals surface area contributed by atoms with Gasteiger partial charge < -0.3 is 32.3 Å². The number of anilines is 1. The highest BCUT2D eigenvalue weighted by atomic mass is 16.6. The van der Waals surface area contributed by atoms with Gasteiger partial charge >= 0.3 is 0 Å². The molecule has 1 aromatic carbocycles. The monoisotopic (exact) mass is 535 g/mol. The fourth-order valence-corrected chi connectivity index (χ4v) is 3.26. The number of nitro groups is 1. The van der Waals surface area contributed by atoms with Crippen LogP contribution in [0.2, 0.25) is 0 Å². The van der Waals surface area contributed by atoms with Crippen molar-refractivity contribution in [3.63, 3.8) is 0 Å². The van der Waals surface area contributed by atoms with Crippen LogP contribution in [0.5, 0.6) is 0 Å². The maximum atomic E-state index is 12.9. The van der Waals surface area contributed by atoms with E-state index in [4.69, 9.17) is 5.73 Å². The molecule has 38 heavy (non-hydrogen) atoms. The predicted octanol–water partition coefficient (Wildman–Crippen LogP) is 0.645. The number of nitrogens with zero attached hydrogens (tertiary/aromatic N) is 1. The molecule has 0 aromatic heterocycles. The minimum atomic E-state index is -0.872. The van der Waals surface area contributed by atoms with Gasteiger partial charge in [0, 0.05) is 30.4 Å². The number of non-ortho nitro benzene ring substituents is 1. The SMILES string of the molecule is CC(C)[C@H](NC(=O)[C@H](C)N)C(=O)N[C@H](CN[C@@H](C)C(=O)N[C@@H](C)C(=O)Nc1ccc([N+](=O)[O-])cc1)C(C)C. The van der Waals surface area contributed by atoms with Gasteiger partial charge in [0.15, 0.2) is 0 Å². The minimum absolute atomic E-state index is 0.0186. The van der Waals surface area contributed by atoms with Crippen molar-refractivity contribution in [1.29, 1.82) is 0 Å². The Hall–Kier alpha value is -3.58. The Morgan fingerprint density at radius 1 is 0.789 bits per heavy atom. The Morgan fingerprint density at radius 2 is 1.37 bits per heavy atom. The third-order valence-electron chi connectivity index (χ3n) is 5.93. The van der Waals surface area contributed by atoms with Gasteiger partial charge in [-0.15, -0.1) is 0 Å². The number of benzene rings is 1. The molecule has 212 valence electrons. The Bertz CT molecular complexity index is 981. The highest BCUT2D eigenvalue weighted by Crippen LogP contribution is 2.15. The number of carbonyl (C=O) groups excluding carboxylic acids is 4. The molecule has 0 aliphatic carbocycles. The van der Waals surface area contributed by atoms with E-state index in [-0.39, 0.29) is 36.0 Å². The average molecular weight is 536 g/mol. The first-order valence-electron chi connectivity index (χ1n) is 12.6. The molecule has 0 radical (unpaired) electrons. The number of hydrogen-bond acceptors (Lipinski definition) is 8. The van der Waals surface area contributed by atoms with Crippen molar-refractivity contribution in [2.75, 3.05) is 11.9 Å². The second-order valence-electron chi connectivity index (χ2n) is 10.0. The lowest BCUT2D eigenvalue weighted by atomic mass is 9.99. The summed E-state index contributed by atoms with van der Waals surface area (Å²) in [6, 6.07) is 1.95. The molecule has 0 fully saturated rings. The third kappa shape index (κ3) is 10.4. The van der Waals surface area contributed by atoms with E-state index in [2.05, 4.69) is 26.6 Å². The summed E-state index contributed by atoms with van der Waals surface area (Å²) in [5, 5.41) is 24.7. The van der Waals surface area contributed by atoms with Gasteiger partial charge in [-0.25, -0.2) is 0 Å². The van der Waals surface area contributed by atoms with Crippen LogP contribution in [0.1, 0.15) is 48.5 Å². The van der Waals surface area contributed by atoms with E-state index in [1.54, 1.807) is 6.92 Å². The number of nitro benzene ring substituents is 1. The fourth-order valence-electron chi connectivity index (χ4n) is 3.26. The van der Waals surface area contributed by atoms with Crippen molar-refractivity contribution in [3.8, 4) is 0 Å². The maximum Gasteiger partial charge on any atom is 0.269 e. The fraction of sp³-hybridized carbons (Fsp3) is 0.600. The van der Waals surface area contributed by atoms with Gasteiger partial charge in [0.05, 0.1) is 17.0 Å². The second kappa shape index (κ2) is 15.0. The molecule has 0 saturated carbocycles. The van der Waals surface area contributed by atoms with Gasteiger partial charge in [-0.1, -0.05) is 27.7 Å². The topological polar surface area (TPSA) is 198 Å². The van der Waals surface area contributed by atoms with Gasteiger partial charge in [-0.2, -0.15) is 0 Å². The maximum absolute atomic E-state index is 12.9. The molecule has 0 heterocycles. The molecule has 1 aromatic rings. The molecule has 13 heteroatoms. The molecule has 0 aliphatic rings. The largest absolute Gasteiger partial charge is 0.350 e. The van der Waals surface area contributed by atoms with Crippen LogP contribution in [0.15, 0.2) is 24.3 Å². The first kappa shape index (κ1) is 32.4. The molecule has 7 N–H and O–H groups in total. The first-order valence-corrected chi connectivity index (χ1v) is 12.6. The minimum Gasteiger partial charge on any atom is -0.350 e. The quantitative estimate of drug-likeness (QED) is 0.147. The van der Waals surface area contributed by atoms with Gasteiger partial charge in [0.1, 0.15) is 12.1 Å². The molecular formula is C25H41N7O6. The molecule has 0 spiro atoms. The Morgan fingerprint density at radius 3 is 1.84 bits per heavy atom. The molecule has 0 aliphatic heterocycles. The predicted molar refractivity (Wildman–Crippen MR) is 144 cm³/mol. The smallest absolute Gasteiger partial charge is 0.269 e.